The second-order valence-corrected chi connectivity index (χ2v) is 6.99. The van der Waals surface area contributed by atoms with E-state index >= 15 is 0 Å². The van der Waals surface area contributed by atoms with Crippen LogP contribution < -0.4 is 10.6 Å². The smallest absolute Gasteiger partial charge is 0.350 e. The number of hydrogen-bond donors (Lipinski definition) is 2. The summed E-state index contributed by atoms with van der Waals surface area (Å²) in [5, 5.41) is 5.71. The molecule has 3 rings (SSSR count). The molecule has 8 nitrogen and oxygen atoms in total. The molecule has 1 aromatic carbocycles. The maximum atomic E-state index is 12.1. The second-order valence-electron chi connectivity index (χ2n) is 6.99. The first kappa shape index (κ1) is 18.9. The zero-order chi connectivity index (χ0) is 19.4. The van der Waals surface area contributed by atoms with Crippen LogP contribution in [-0.2, 0) is 23.9 Å². The number of nitrogens with zero attached hydrogens (tertiary/aromatic N) is 1. The molecule has 8 heteroatoms. The maximum Gasteiger partial charge on any atom is 0.350 e. The molecule has 1 aromatic rings. The predicted molar refractivity (Wildman–Crippen MR) is 98.7 cm³/mol. The average Bonchev–Trinajstić information content (AvgIpc) is 3.06. The van der Waals surface area contributed by atoms with Crippen molar-refractivity contribution in [2.45, 2.75) is 32.5 Å². The molecule has 0 aliphatic carbocycles. The normalized spacial score (nSPS) is 19.3. The van der Waals surface area contributed by atoms with Gasteiger partial charge in [0, 0.05) is 31.4 Å². The predicted octanol–water partition coefficient (Wildman–Crippen LogP) is 1.85. The number of likely N-dealkylation sites (tertiary alicyclic amines) is 1. The highest BCUT2D eigenvalue weighted by atomic mass is 16.7. The van der Waals surface area contributed by atoms with Gasteiger partial charge in [0.1, 0.15) is 0 Å². The van der Waals surface area contributed by atoms with E-state index in [0.29, 0.717) is 17.9 Å². The Morgan fingerprint density at radius 2 is 1.78 bits per heavy atom. The number of anilines is 2. The molecule has 2 aliphatic heterocycles. The van der Waals surface area contributed by atoms with Crippen molar-refractivity contribution in [3.63, 3.8) is 0 Å². The molecular weight excluding hydrogens is 350 g/mol. The first-order chi connectivity index (χ1) is 12.8. The molecule has 0 bridgehead atoms. The number of amides is 1. The van der Waals surface area contributed by atoms with E-state index in [4.69, 9.17) is 9.47 Å². The summed E-state index contributed by atoms with van der Waals surface area (Å²) in [5.41, 5.74) is 1.00. The van der Waals surface area contributed by atoms with E-state index in [-0.39, 0.29) is 11.5 Å². The van der Waals surface area contributed by atoms with Gasteiger partial charge >= 0.3 is 11.9 Å². The van der Waals surface area contributed by atoms with Gasteiger partial charge in [0.25, 0.3) is 5.79 Å². The van der Waals surface area contributed by atoms with Gasteiger partial charge in [-0.1, -0.05) is 6.07 Å². The SMILES string of the molecule is CC1(C)OC(=O)C(=CNc2cccc(NC(=O)CN3CCCC3)c2)C(=O)O1. The monoisotopic (exact) mass is 373 g/mol. The lowest BCUT2D eigenvalue weighted by Gasteiger charge is -2.29. The van der Waals surface area contributed by atoms with Crippen LogP contribution in [0.2, 0.25) is 0 Å². The summed E-state index contributed by atoms with van der Waals surface area (Å²) in [6.45, 7) is 5.25. The number of benzene rings is 1. The van der Waals surface area contributed by atoms with Gasteiger partial charge in [-0.25, -0.2) is 9.59 Å². The van der Waals surface area contributed by atoms with Gasteiger partial charge in [-0.05, 0) is 44.1 Å². The molecule has 0 saturated carbocycles. The van der Waals surface area contributed by atoms with Crippen molar-refractivity contribution in [3.8, 4) is 0 Å². The largest absolute Gasteiger partial charge is 0.419 e. The van der Waals surface area contributed by atoms with Crippen molar-refractivity contribution in [2.24, 2.45) is 0 Å². The molecule has 0 aromatic heterocycles. The van der Waals surface area contributed by atoms with Gasteiger partial charge in [-0.2, -0.15) is 0 Å². The topological polar surface area (TPSA) is 97.0 Å². The van der Waals surface area contributed by atoms with E-state index in [9.17, 15) is 14.4 Å². The minimum Gasteiger partial charge on any atom is -0.419 e. The van der Waals surface area contributed by atoms with E-state index in [0.717, 1.165) is 25.9 Å². The fourth-order valence-electron chi connectivity index (χ4n) is 2.97. The second kappa shape index (κ2) is 7.79. The fraction of sp³-hybridized carbons (Fsp3) is 0.421. The van der Waals surface area contributed by atoms with Gasteiger partial charge in [0.05, 0.1) is 6.54 Å². The summed E-state index contributed by atoms with van der Waals surface area (Å²) in [7, 11) is 0. The van der Waals surface area contributed by atoms with Gasteiger partial charge in [-0.15, -0.1) is 0 Å². The quantitative estimate of drug-likeness (QED) is 0.462. The summed E-state index contributed by atoms with van der Waals surface area (Å²) >= 11 is 0. The van der Waals surface area contributed by atoms with Crippen molar-refractivity contribution < 1.29 is 23.9 Å². The third kappa shape index (κ3) is 5.07. The Balaban J connectivity index is 1.61. The summed E-state index contributed by atoms with van der Waals surface area (Å²) in [6, 6.07) is 6.98. The van der Waals surface area contributed by atoms with Crippen LogP contribution in [0.1, 0.15) is 26.7 Å². The van der Waals surface area contributed by atoms with E-state index in [2.05, 4.69) is 15.5 Å². The third-order valence-electron chi connectivity index (χ3n) is 4.21. The highest BCUT2D eigenvalue weighted by Crippen LogP contribution is 2.23. The minimum absolute atomic E-state index is 0.0749. The Morgan fingerprint density at radius 1 is 1.15 bits per heavy atom. The summed E-state index contributed by atoms with van der Waals surface area (Å²) in [5.74, 6) is -2.85. The van der Waals surface area contributed by atoms with Gasteiger partial charge < -0.3 is 20.1 Å². The highest BCUT2D eigenvalue weighted by Gasteiger charge is 2.38. The van der Waals surface area contributed by atoms with Crippen LogP contribution in [0.3, 0.4) is 0 Å². The fourth-order valence-corrected chi connectivity index (χ4v) is 2.97. The van der Waals surface area contributed by atoms with Crippen LogP contribution in [0.25, 0.3) is 0 Å². The van der Waals surface area contributed by atoms with E-state index in [1.54, 1.807) is 24.3 Å². The van der Waals surface area contributed by atoms with Crippen molar-refractivity contribution in [3.05, 3.63) is 36.0 Å². The molecule has 2 saturated heterocycles. The molecule has 2 N–H and O–H groups in total. The number of nitrogens with one attached hydrogen (secondary N) is 2. The van der Waals surface area contributed by atoms with Gasteiger partial charge in [0.2, 0.25) is 5.91 Å². The van der Waals surface area contributed by atoms with Crippen molar-refractivity contribution in [2.75, 3.05) is 30.3 Å². The number of esters is 2. The first-order valence-corrected chi connectivity index (χ1v) is 8.88. The molecule has 0 radical (unpaired) electrons. The molecule has 0 unspecified atom stereocenters. The van der Waals surface area contributed by atoms with Crippen LogP contribution in [0, 0.1) is 0 Å². The molecule has 144 valence electrons. The van der Waals surface area contributed by atoms with Crippen molar-refractivity contribution >= 4 is 29.2 Å². The zero-order valence-corrected chi connectivity index (χ0v) is 15.4. The van der Waals surface area contributed by atoms with Crippen LogP contribution in [-0.4, -0.2) is 48.2 Å². The number of rotatable bonds is 5. The maximum absolute atomic E-state index is 12.1. The number of hydrogen-bond acceptors (Lipinski definition) is 7. The van der Waals surface area contributed by atoms with Crippen LogP contribution >= 0.6 is 0 Å². The van der Waals surface area contributed by atoms with Crippen molar-refractivity contribution in [1.29, 1.82) is 0 Å². The highest BCUT2D eigenvalue weighted by molar-refractivity contribution is 6.15. The molecule has 2 aliphatic rings. The van der Waals surface area contributed by atoms with Crippen molar-refractivity contribution in [1.82, 2.24) is 4.90 Å². The number of carbonyl (C=O) groups is 3. The van der Waals surface area contributed by atoms with E-state index in [1.807, 2.05) is 0 Å². The standard InChI is InChI=1S/C19H23N3O5/c1-19(2)26-17(24)15(18(25)27-19)11-20-13-6-5-7-14(10-13)21-16(23)12-22-8-3-4-9-22/h5-7,10-11,20H,3-4,8-9,12H2,1-2H3,(H,21,23). The Labute approximate surface area is 157 Å². The molecular formula is C19H23N3O5. The lowest BCUT2D eigenvalue weighted by atomic mass is 10.2. The lowest BCUT2D eigenvalue weighted by molar-refractivity contribution is -0.222. The number of ether oxygens (including phenoxy) is 2. The summed E-state index contributed by atoms with van der Waals surface area (Å²) in [6.07, 6.45) is 3.50. The minimum atomic E-state index is -1.27. The summed E-state index contributed by atoms with van der Waals surface area (Å²) < 4.78 is 10.1. The molecule has 1 amide bonds. The molecule has 0 spiro atoms. The molecule has 27 heavy (non-hydrogen) atoms. The van der Waals surface area contributed by atoms with Crippen LogP contribution in [0.5, 0.6) is 0 Å². The lowest BCUT2D eigenvalue weighted by Crippen LogP contribution is -2.42. The van der Waals surface area contributed by atoms with Gasteiger partial charge in [0.15, 0.2) is 5.57 Å². The Morgan fingerprint density at radius 3 is 2.44 bits per heavy atom. The average molecular weight is 373 g/mol. The number of cyclic esters (lactones) is 2. The van der Waals surface area contributed by atoms with Crippen LogP contribution in [0.15, 0.2) is 36.0 Å². The van der Waals surface area contributed by atoms with Gasteiger partial charge in [-0.3, -0.25) is 9.69 Å². The Kier molecular flexibility index (Phi) is 5.46. The third-order valence-corrected chi connectivity index (χ3v) is 4.21. The summed E-state index contributed by atoms with van der Waals surface area (Å²) in [4.78, 5) is 38.1. The zero-order valence-electron chi connectivity index (χ0n) is 15.4. The number of carbonyl (C=O) groups excluding carboxylic acids is 3. The van der Waals surface area contributed by atoms with E-state index < -0.39 is 17.7 Å². The van der Waals surface area contributed by atoms with Crippen LogP contribution in [0.4, 0.5) is 11.4 Å². The molecule has 0 atom stereocenters. The molecule has 2 heterocycles. The van der Waals surface area contributed by atoms with E-state index in [1.165, 1.54) is 20.0 Å². The molecule has 2 fully saturated rings. The Hall–Kier alpha value is -2.87. The Bertz CT molecular complexity index is 759. The first-order valence-electron chi connectivity index (χ1n) is 8.88.